The summed E-state index contributed by atoms with van der Waals surface area (Å²) in [5, 5.41) is 0. The number of hydrogen-bond acceptors (Lipinski definition) is 0. The summed E-state index contributed by atoms with van der Waals surface area (Å²) in [7, 11) is 0. The topological polar surface area (TPSA) is 0 Å². The first-order chi connectivity index (χ1) is 7.62. The van der Waals surface area contributed by atoms with Crippen LogP contribution in [-0.4, -0.2) is 0 Å². The van der Waals surface area contributed by atoms with Gasteiger partial charge in [-0.2, -0.15) is 0 Å². The van der Waals surface area contributed by atoms with Crippen molar-refractivity contribution >= 4 is 0 Å². The summed E-state index contributed by atoms with van der Waals surface area (Å²) in [5.41, 5.74) is 0. The molecule has 24 heavy (non-hydrogen) atoms. The van der Waals surface area contributed by atoms with Crippen LogP contribution < -0.4 is 0 Å². The van der Waals surface area contributed by atoms with Crippen molar-refractivity contribution in [2.45, 2.75) is 152 Å². The zero-order valence-corrected chi connectivity index (χ0v) is 12.8. The Labute approximate surface area is 164 Å². The second-order valence-corrected chi connectivity index (χ2v) is 5.37. The highest BCUT2D eigenvalue weighted by molar-refractivity contribution is 4.49. The Bertz CT molecular complexity index is 80.6. The molecule has 0 aliphatic carbocycles. The number of rotatable bonds is 8. The largest absolute Gasteiger partial charge is 0.0776 e. The lowest BCUT2D eigenvalue weighted by Crippen LogP contribution is -1.91. The number of hydrogen-bond donors (Lipinski definition) is 0. The Morgan fingerprint density at radius 1 is 0.375 bits per heavy atom. The van der Waals surface area contributed by atoms with Crippen molar-refractivity contribution in [1.82, 2.24) is 0 Å². The quantitative estimate of drug-likeness (QED) is 0.405. The van der Waals surface area contributed by atoms with Crippen LogP contribution in [0.1, 0.15) is 152 Å². The molecule has 0 fully saturated rings. The summed E-state index contributed by atoms with van der Waals surface area (Å²) in [6.45, 7) is 13.7. The van der Waals surface area contributed by atoms with Gasteiger partial charge in [-0.15, -0.1) is 0 Å². The standard InChI is InChI=1S/2C8H18.8CH4/c2*1-4-6-8(3)7-5-2;;;;;;;;/h2*8H,4-7H2,1-3H3;8*1H4. The van der Waals surface area contributed by atoms with Gasteiger partial charge in [0.1, 0.15) is 0 Å². The molecule has 0 heterocycles. The molecule has 0 bridgehead atoms. The maximum Gasteiger partial charge on any atom is -0.0443 e. The van der Waals surface area contributed by atoms with Crippen LogP contribution >= 0.6 is 0 Å². The molecule has 0 saturated carbocycles. The summed E-state index contributed by atoms with van der Waals surface area (Å²) < 4.78 is 0. The maximum atomic E-state index is 2.34. The highest BCUT2D eigenvalue weighted by atomic mass is 14.0. The van der Waals surface area contributed by atoms with Crippen molar-refractivity contribution < 1.29 is 0 Å². The molecule has 0 N–H and O–H groups in total. The van der Waals surface area contributed by atoms with Crippen LogP contribution in [0.4, 0.5) is 0 Å². The molecule has 0 aliphatic heterocycles. The Hall–Kier alpha value is 0. The molecule has 0 spiro atoms. The molecule has 0 aliphatic rings. The van der Waals surface area contributed by atoms with Crippen LogP contribution in [0, 0.1) is 11.8 Å². The first kappa shape index (κ1) is 64.8. The van der Waals surface area contributed by atoms with Crippen molar-refractivity contribution in [3.8, 4) is 0 Å². The van der Waals surface area contributed by atoms with Gasteiger partial charge in [-0.3, -0.25) is 0 Å². The fraction of sp³-hybridized carbons (Fsp3) is 1.00. The van der Waals surface area contributed by atoms with Crippen molar-refractivity contribution in [3.05, 3.63) is 0 Å². The first-order valence-corrected chi connectivity index (χ1v) is 7.62. The van der Waals surface area contributed by atoms with Crippen LogP contribution in [0.25, 0.3) is 0 Å². The third-order valence-corrected chi connectivity index (χ3v) is 3.13. The van der Waals surface area contributed by atoms with Crippen LogP contribution in [0.15, 0.2) is 0 Å². The smallest absolute Gasteiger partial charge is 0.0443 e. The SMILES string of the molecule is C.C.C.C.C.C.C.C.CCCC(C)CCC.CCCC(C)CCC. The minimum absolute atomic E-state index is 0. The third kappa shape index (κ3) is 67.4. The Kier molecular flexibility index (Phi) is 153. The fourth-order valence-corrected chi connectivity index (χ4v) is 2.26. The normalized spacial score (nSPS) is 7.00. The van der Waals surface area contributed by atoms with E-state index in [1.807, 2.05) is 0 Å². The van der Waals surface area contributed by atoms with E-state index >= 15 is 0 Å². The van der Waals surface area contributed by atoms with Gasteiger partial charge in [0.2, 0.25) is 0 Å². The van der Waals surface area contributed by atoms with Gasteiger partial charge in [-0.05, 0) is 11.8 Å². The second-order valence-electron chi connectivity index (χ2n) is 5.37. The van der Waals surface area contributed by atoms with E-state index in [2.05, 4.69) is 41.5 Å². The lowest BCUT2D eigenvalue weighted by atomic mass is 10.0. The lowest BCUT2D eigenvalue weighted by molar-refractivity contribution is 0.480. The molecule has 0 nitrogen and oxygen atoms in total. The zero-order valence-electron chi connectivity index (χ0n) is 12.8. The third-order valence-electron chi connectivity index (χ3n) is 3.13. The second kappa shape index (κ2) is 56.8. The van der Waals surface area contributed by atoms with Crippen molar-refractivity contribution in [3.63, 3.8) is 0 Å². The van der Waals surface area contributed by atoms with Crippen LogP contribution in [0.3, 0.4) is 0 Å². The van der Waals surface area contributed by atoms with Gasteiger partial charge in [-0.1, -0.05) is 152 Å². The van der Waals surface area contributed by atoms with Crippen LogP contribution in [0.2, 0.25) is 0 Å². The summed E-state index contributed by atoms with van der Waals surface area (Å²) in [6.07, 6.45) is 11.0. The fourth-order valence-electron chi connectivity index (χ4n) is 2.26. The molecule has 0 unspecified atom stereocenters. The van der Waals surface area contributed by atoms with Crippen molar-refractivity contribution in [1.29, 1.82) is 0 Å². The summed E-state index contributed by atoms with van der Waals surface area (Å²) in [6, 6.07) is 0. The molecular weight excluding hydrogens is 288 g/mol. The molecule has 0 heteroatoms. The Morgan fingerprint density at radius 3 is 0.583 bits per heavy atom. The average Bonchev–Trinajstić information content (AvgIpc) is 2.20. The first-order valence-electron chi connectivity index (χ1n) is 7.62. The summed E-state index contributed by atoms with van der Waals surface area (Å²) >= 11 is 0. The predicted octanol–water partition coefficient (Wildman–Crippen LogP) is 11.5. The zero-order chi connectivity index (χ0) is 12.8. The van der Waals surface area contributed by atoms with E-state index in [0.29, 0.717) is 0 Å². The van der Waals surface area contributed by atoms with E-state index < -0.39 is 0 Å². The predicted molar refractivity (Wildman–Crippen MR) is 132 cm³/mol. The molecule has 0 aromatic carbocycles. The molecule has 0 amide bonds. The minimum atomic E-state index is 0. The monoisotopic (exact) mass is 357 g/mol. The van der Waals surface area contributed by atoms with E-state index in [-0.39, 0.29) is 59.4 Å². The Morgan fingerprint density at radius 2 is 0.500 bits per heavy atom. The van der Waals surface area contributed by atoms with E-state index in [0.717, 1.165) is 11.8 Å². The van der Waals surface area contributed by atoms with Gasteiger partial charge in [-0.25, -0.2) is 0 Å². The molecule has 0 aromatic heterocycles. The van der Waals surface area contributed by atoms with Crippen molar-refractivity contribution in [2.75, 3.05) is 0 Å². The molecule has 0 aromatic rings. The Balaban J connectivity index is -0.0000000153. The van der Waals surface area contributed by atoms with Gasteiger partial charge in [0, 0.05) is 0 Å². The molecule has 0 rings (SSSR count). The van der Waals surface area contributed by atoms with E-state index in [1.54, 1.807) is 0 Å². The lowest BCUT2D eigenvalue weighted by Gasteiger charge is -2.05. The molecular formula is C24H68. The van der Waals surface area contributed by atoms with Gasteiger partial charge in [0.15, 0.2) is 0 Å². The van der Waals surface area contributed by atoms with Crippen LogP contribution in [-0.2, 0) is 0 Å². The molecule has 0 saturated heterocycles. The summed E-state index contributed by atoms with van der Waals surface area (Å²) in [4.78, 5) is 0. The van der Waals surface area contributed by atoms with Crippen molar-refractivity contribution in [2.24, 2.45) is 11.8 Å². The van der Waals surface area contributed by atoms with Gasteiger partial charge >= 0.3 is 0 Å². The van der Waals surface area contributed by atoms with E-state index in [4.69, 9.17) is 0 Å². The maximum absolute atomic E-state index is 2.34. The molecule has 0 atom stereocenters. The van der Waals surface area contributed by atoms with Gasteiger partial charge in [0.25, 0.3) is 0 Å². The van der Waals surface area contributed by atoms with E-state index in [1.165, 1.54) is 51.4 Å². The highest BCUT2D eigenvalue weighted by Gasteiger charge is 1.96. The van der Waals surface area contributed by atoms with Gasteiger partial charge < -0.3 is 0 Å². The highest BCUT2D eigenvalue weighted by Crippen LogP contribution is 2.11. The molecule has 0 radical (unpaired) electrons. The van der Waals surface area contributed by atoms with Crippen LogP contribution in [0.5, 0.6) is 0 Å². The van der Waals surface area contributed by atoms with Gasteiger partial charge in [0.05, 0.1) is 0 Å². The molecule has 164 valence electrons. The average molecular weight is 357 g/mol. The summed E-state index contributed by atoms with van der Waals surface area (Å²) in [5.74, 6) is 1.93. The van der Waals surface area contributed by atoms with E-state index in [9.17, 15) is 0 Å². The minimum Gasteiger partial charge on any atom is -0.0776 e.